The number of amides is 1. The molecule has 1 saturated heterocycles. The van der Waals surface area contributed by atoms with E-state index in [2.05, 4.69) is 24.0 Å². The van der Waals surface area contributed by atoms with E-state index in [1.54, 1.807) is 6.92 Å². The fraction of sp³-hybridized carbons (Fsp3) is 0.750. The van der Waals surface area contributed by atoms with Gasteiger partial charge in [-0.05, 0) is 25.2 Å². The van der Waals surface area contributed by atoms with E-state index in [0.717, 1.165) is 13.1 Å². The molecule has 0 saturated carbocycles. The summed E-state index contributed by atoms with van der Waals surface area (Å²) in [6, 6.07) is 0. The van der Waals surface area contributed by atoms with E-state index in [1.807, 2.05) is 4.90 Å². The van der Waals surface area contributed by atoms with Crippen molar-refractivity contribution in [2.45, 2.75) is 27.2 Å². The van der Waals surface area contributed by atoms with Gasteiger partial charge in [0.25, 0.3) is 5.91 Å². The van der Waals surface area contributed by atoms with Crippen LogP contribution >= 0.6 is 0 Å². The molecule has 1 aromatic heterocycles. The molecular weight excluding hydrogens is 234 g/mol. The molecule has 0 bridgehead atoms. The monoisotopic (exact) mass is 253 g/mol. The molecule has 1 fully saturated rings. The summed E-state index contributed by atoms with van der Waals surface area (Å²) in [6.07, 6.45) is 1.23. The van der Waals surface area contributed by atoms with Crippen molar-refractivity contribution >= 4 is 5.91 Å². The topological polar surface area (TPSA) is 68.5 Å². The van der Waals surface area contributed by atoms with Gasteiger partial charge in [0.15, 0.2) is 12.4 Å². The number of nitrogens with zero attached hydrogens (tertiary/aromatic N) is 3. The first-order valence-corrected chi connectivity index (χ1v) is 6.25. The van der Waals surface area contributed by atoms with Crippen LogP contribution in [0, 0.1) is 18.8 Å². The Bertz CT molecular complexity index is 408. The molecule has 0 aliphatic carbocycles. The third-order valence-electron chi connectivity index (χ3n) is 3.05. The van der Waals surface area contributed by atoms with E-state index in [4.69, 9.17) is 9.26 Å². The minimum atomic E-state index is -0.0406. The van der Waals surface area contributed by atoms with E-state index in [1.165, 1.54) is 6.42 Å². The highest BCUT2D eigenvalue weighted by Gasteiger charge is 2.25. The molecule has 0 radical (unpaired) electrons. The molecule has 6 heteroatoms. The molecule has 0 N–H and O–H groups in total. The van der Waals surface area contributed by atoms with Crippen molar-refractivity contribution in [1.29, 1.82) is 0 Å². The second kappa shape index (κ2) is 5.37. The van der Waals surface area contributed by atoms with Crippen LogP contribution in [0.2, 0.25) is 0 Å². The standard InChI is InChI=1S/C12H19N3O3/c1-8-4-9(2)6-15(5-8)11(16)7-17-12-13-10(3)14-18-12/h8-9H,4-7H2,1-3H3. The number of piperidine rings is 1. The molecule has 100 valence electrons. The predicted molar refractivity (Wildman–Crippen MR) is 64.1 cm³/mol. The summed E-state index contributed by atoms with van der Waals surface area (Å²) in [4.78, 5) is 17.7. The van der Waals surface area contributed by atoms with Gasteiger partial charge < -0.3 is 9.64 Å². The van der Waals surface area contributed by atoms with E-state index in [-0.39, 0.29) is 18.6 Å². The van der Waals surface area contributed by atoms with Crippen LogP contribution in [0.3, 0.4) is 0 Å². The Kier molecular flexibility index (Phi) is 3.84. The van der Waals surface area contributed by atoms with Gasteiger partial charge in [0, 0.05) is 13.1 Å². The van der Waals surface area contributed by atoms with Gasteiger partial charge in [0.1, 0.15) is 0 Å². The number of aromatic nitrogens is 2. The number of aryl methyl sites for hydroxylation is 1. The lowest BCUT2D eigenvalue weighted by Gasteiger charge is -2.34. The van der Waals surface area contributed by atoms with Crippen molar-refractivity contribution in [3.8, 4) is 6.08 Å². The van der Waals surface area contributed by atoms with E-state index in [0.29, 0.717) is 17.7 Å². The average Bonchev–Trinajstić information content (AvgIpc) is 2.70. The summed E-state index contributed by atoms with van der Waals surface area (Å²) in [7, 11) is 0. The van der Waals surface area contributed by atoms with E-state index >= 15 is 0 Å². The Balaban J connectivity index is 1.84. The molecule has 1 aliphatic heterocycles. The van der Waals surface area contributed by atoms with Gasteiger partial charge in [-0.1, -0.05) is 19.0 Å². The third-order valence-corrected chi connectivity index (χ3v) is 3.05. The molecule has 2 rings (SSSR count). The first-order chi connectivity index (χ1) is 8.54. The number of hydrogen-bond donors (Lipinski definition) is 0. The first kappa shape index (κ1) is 12.9. The Morgan fingerprint density at radius 2 is 2.11 bits per heavy atom. The Labute approximate surface area is 106 Å². The van der Waals surface area contributed by atoms with Gasteiger partial charge in [-0.25, -0.2) is 0 Å². The van der Waals surface area contributed by atoms with Crippen LogP contribution in [0.25, 0.3) is 0 Å². The highest BCUT2D eigenvalue weighted by molar-refractivity contribution is 5.77. The highest BCUT2D eigenvalue weighted by Crippen LogP contribution is 2.21. The largest absolute Gasteiger partial charge is 0.439 e. The Morgan fingerprint density at radius 1 is 1.44 bits per heavy atom. The lowest BCUT2D eigenvalue weighted by Crippen LogP contribution is -2.44. The minimum Gasteiger partial charge on any atom is -0.439 e. The lowest BCUT2D eigenvalue weighted by molar-refractivity contribution is -0.136. The molecule has 1 aromatic rings. The van der Waals surface area contributed by atoms with Gasteiger partial charge >= 0.3 is 6.08 Å². The molecule has 2 atom stereocenters. The van der Waals surface area contributed by atoms with Crippen molar-refractivity contribution in [2.24, 2.45) is 11.8 Å². The fourth-order valence-electron chi connectivity index (χ4n) is 2.42. The van der Waals surface area contributed by atoms with Crippen LogP contribution in [0.1, 0.15) is 26.1 Å². The maximum atomic E-state index is 12.0. The Morgan fingerprint density at radius 3 is 2.67 bits per heavy atom. The summed E-state index contributed by atoms with van der Waals surface area (Å²) in [5.41, 5.74) is 0. The van der Waals surface area contributed by atoms with E-state index in [9.17, 15) is 4.79 Å². The molecule has 2 heterocycles. The zero-order valence-corrected chi connectivity index (χ0v) is 11.0. The van der Waals surface area contributed by atoms with Crippen molar-refractivity contribution in [3.05, 3.63) is 5.82 Å². The van der Waals surface area contributed by atoms with Crippen LogP contribution in [0.15, 0.2) is 4.52 Å². The lowest BCUT2D eigenvalue weighted by atomic mass is 9.92. The summed E-state index contributed by atoms with van der Waals surface area (Å²) in [5.74, 6) is 1.56. The maximum absolute atomic E-state index is 12.0. The molecule has 1 amide bonds. The first-order valence-electron chi connectivity index (χ1n) is 6.25. The third kappa shape index (κ3) is 3.21. The minimum absolute atomic E-state index is 0.0238. The molecule has 0 aromatic carbocycles. The predicted octanol–water partition coefficient (Wildman–Crippen LogP) is 1.26. The molecule has 0 spiro atoms. The van der Waals surface area contributed by atoms with E-state index < -0.39 is 0 Å². The zero-order chi connectivity index (χ0) is 13.1. The van der Waals surface area contributed by atoms with Crippen LogP contribution in [0.5, 0.6) is 6.08 Å². The van der Waals surface area contributed by atoms with Crippen molar-refractivity contribution in [2.75, 3.05) is 19.7 Å². The van der Waals surface area contributed by atoms with Crippen molar-refractivity contribution < 1.29 is 14.1 Å². The van der Waals surface area contributed by atoms with Gasteiger partial charge in [-0.3, -0.25) is 9.32 Å². The number of ether oxygens (including phenoxy) is 1. The molecular formula is C12H19N3O3. The summed E-state index contributed by atoms with van der Waals surface area (Å²) >= 11 is 0. The van der Waals surface area contributed by atoms with Crippen LogP contribution in [0.4, 0.5) is 0 Å². The Hall–Kier alpha value is -1.59. The average molecular weight is 253 g/mol. The van der Waals surface area contributed by atoms with Gasteiger partial charge in [0.2, 0.25) is 0 Å². The number of rotatable bonds is 3. The van der Waals surface area contributed by atoms with Crippen LogP contribution in [-0.4, -0.2) is 40.6 Å². The summed E-state index contributed by atoms with van der Waals surface area (Å²) < 4.78 is 9.97. The zero-order valence-electron chi connectivity index (χ0n) is 11.0. The SMILES string of the molecule is Cc1noc(OCC(=O)N2CC(C)CC(C)C2)n1. The van der Waals surface area contributed by atoms with Gasteiger partial charge in [0.05, 0.1) is 0 Å². The normalized spacial score (nSPS) is 24.1. The van der Waals surface area contributed by atoms with Gasteiger partial charge in [-0.15, -0.1) is 0 Å². The summed E-state index contributed by atoms with van der Waals surface area (Å²) in [6.45, 7) is 7.59. The van der Waals surface area contributed by atoms with Crippen LogP contribution < -0.4 is 4.74 Å². The summed E-state index contributed by atoms with van der Waals surface area (Å²) in [5, 5.41) is 3.60. The molecule has 2 unspecified atom stereocenters. The number of carbonyl (C=O) groups excluding carboxylic acids is 1. The quantitative estimate of drug-likeness (QED) is 0.811. The number of carbonyl (C=O) groups is 1. The van der Waals surface area contributed by atoms with Crippen LogP contribution in [-0.2, 0) is 4.79 Å². The smallest absolute Gasteiger partial charge is 0.417 e. The molecule has 1 aliphatic rings. The van der Waals surface area contributed by atoms with Crippen molar-refractivity contribution in [3.63, 3.8) is 0 Å². The van der Waals surface area contributed by atoms with Crippen molar-refractivity contribution in [1.82, 2.24) is 15.0 Å². The fourth-order valence-corrected chi connectivity index (χ4v) is 2.42. The molecule has 18 heavy (non-hydrogen) atoms. The molecule has 6 nitrogen and oxygen atoms in total. The maximum Gasteiger partial charge on any atom is 0.417 e. The van der Waals surface area contributed by atoms with Gasteiger partial charge in [-0.2, -0.15) is 4.98 Å². The number of likely N-dealkylation sites (tertiary alicyclic amines) is 1. The second-order valence-electron chi connectivity index (χ2n) is 5.14. The second-order valence-corrected chi connectivity index (χ2v) is 5.14. The number of hydrogen-bond acceptors (Lipinski definition) is 5. The highest BCUT2D eigenvalue weighted by atomic mass is 16.6.